The molecule has 14 heavy (non-hydrogen) atoms. The van der Waals surface area contributed by atoms with E-state index in [0.29, 0.717) is 5.92 Å². The number of ether oxygens (including phenoxy) is 2. The van der Waals surface area contributed by atoms with Crippen LogP contribution in [-0.4, -0.2) is 38.9 Å². The van der Waals surface area contributed by atoms with Crippen molar-refractivity contribution in [3.8, 4) is 0 Å². The molecule has 0 aromatic rings. The maximum atomic E-state index is 11.0. The lowest BCUT2D eigenvalue weighted by Crippen LogP contribution is -2.40. The average Bonchev–Trinajstić information content (AvgIpc) is 2.13. The van der Waals surface area contributed by atoms with Crippen LogP contribution in [0, 0.1) is 5.92 Å². The van der Waals surface area contributed by atoms with E-state index < -0.39 is 6.10 Å². The molecule has 0 spiro atoms. The molecule has 1 aliphatic carbocycles. The summed E-state index contributed by atoms with van der Waals surface area (Å²) in [4.78, 5) is 11.0. The fourth-order valence-corrected chi connectivity index (χ4v) is 1.75. The van der Waals surface area contributed by atoms with Gasteiger partial charge in [-0.1, -0.05) is 0 Å². The third-order valence-corrected chi connectivity index (χ3v) is 2.61. The van der Waals surface area contributed by atoms with Gasteiger partial charge in [-0.3, -0.25) is 0 Å². The molecule has 1 saturated carbocycles. The lowest BCUT2D eigenvalue weighted by molar-refractivity contribution is -0.161. The van der Waals surface area contributed by atoms with E-state index in [-0.39, 0.29) is 12.1 Å². The molecule has 82 valence electrons. The highest BCUT2D eigenvalue weighted by atomic mass is 16.6. The molecule has 1 rings (SSSR count). The summed E-state index contributed by atoms with van der Waals surface area (Å²) in [6.45, 7) is 2.77. The first kappa shape index (κ1) is 11.5. The zero-order valence-electron chi connectivity index (χ0n) is 9.08. The number of esters is 1. The van der Waals surface area contributed by atoms with Gasteiger partial charge in [0.2, 0.25) is 0 Å². The quantitative estimate of drug-likeness (QED) is 0.660. The SMILES string of the molecule is CNCC1CC(OC(C)C(=O)OC)C1. The van der Waals surface area contributed by atoms with Gasteiger partial charge in [-0.15, -0.1) is 0 Å². The summed E-state index contributed by atoms with van der Waals surface area (Å²) in [6.07, 6.45) is 1.90. The summed E-state index contributed by atoms with van der Waals surface area (Å²) in [5.74, 6) is 0.414. The molecule has 1 N–H and O–H groups in total. The van der Waals surface area contributed by atoms with Gasteiger partial charge in [-0.2, -0.15) is 0 Å². The Morgan fingerprint density at radius 3 is 2.71 bits per heavy atom. The molecule has 1 unspecified atom stereocenters. The van der Waals surface area contributed by atoms with Crippen molar-refractivity contribution >= 4 is 5.97 Å². The Bertz CT molecular complexity index is 190. The summed E-state index contributed by atoms with van der Waals surface area (Å²) < 4.78 is 10.1. The van der Waals surface area contributed by atoms with E-state index in [1.807, 2.05) is 7.05 Å². The minimum absolute atomic E-state index is 0.238. The molecule has 0 saturated heterocycles. The van der Waals surface area contributed by atoms with E-state index >= 15 is 0 Å². The van der Waals surface area contributed by atoms with Crippen LogP contribution in [0.25, 0.3) is 0 Å². The normalized spacial score (nSPS) is 27.9. The number of carbonyl (C=O) groups is 1. The maximum absolute atomic E-state index is 11.0. The van der Waals surface area contributed by atoms with Crippen molar-refractivity contribution in [1.82, 2.24) is 5.32 Å². The Kier molecular flexibility index (Phi) is 4.35. The molecule has 4 nitrogen and oxygen atoms in total. The number of methoxy groups -OCH3 is 1. The standard InChI is InChI=1S/C10H19NO3/c1-7(10(12)13-3)14-9-4-8(5-9)6-11-2/h7-9,11H,4-6H2,1-3H3. The van der Waals surface area contributed by atoms with Gasteiger partial charge in [0.1, 0.15) is 0 Å². The van der Waals surface area contributed by atoms with Gasteiger partial charge in [-0.25, -0.2) is 4.79 Å². The second-order valence-corrected chi connectivity index (χ2v) is 3.82. The Morgan fingerprint density at radius 2 is 2.21 bits per heavy atom. The van der Waals surface area contributed by atoms with Crippen molar-refractivity contribution < 1.29 is 14.3 Å². The van der Waals surface area contributed by atoms with Crippen LogP contribution >= 0.6 is 0 Å². The predicted molar refractivity (Wildman–Crippen MR) is 53.0 cm³/mol. The van der Waals surface area contributed by atoms with E-state index in [1.165, 1.54) is 7.11 Å². The van der Waals surface area contributed by atoms with Crippen molar-refractivity contribution in [3.63, 3.8) is 0 Å². The highest BCUT2D eigenvalue weighted by Gasteiger charge is 2.31. The Labute approximate surface area is 85.0 Å². The molecule has 0 aromatic heterocycles. The van der Waals surface area contributed by atoms with Crippen LogP contribution in [0.15, 0.2) is 0 Å². The van der Waals surface area contributed by atoms with Crippen molar-refractivity contribution in [3.05, 3.63) is 0 Å². The molecule has 1 atom stereocenters. The van der Waals surface area contributed by atoms with E-state index in [4.69, 9.17) is 4.74 Å². The summed E-state index contributed by atoms with van der Waals surface area (Å²) >= 11 is 0. The van der Waals surface area contributed by atoms with E-state index in [9.17, 15) is 4.79 Å². The fraction of sp³-hybridized carbons (Fsp3) is 0.900. The highest BCUT2D eigenvalue weighted by molar-refractivity contribution is 5.73. The second kappa shape index (κ2) is 5.32. The maximum Gasteiger partial charge on any atom is 0.334 e. The van der Waals surface area contributed by atoms with Crippen LogP contribution in [0.3, 0.4) is 0 Å². The van der Waals surface area contributed by atoms with Gasteiger partial charge in [0.05, 0.1) is 13.2 Å². The van der Waals surface area contributed by atoms with Crippen LogP contribution in [0.5, 0.6) is 0 Å². The summed E-state index contributed by atoms with van der Waals surface area (Å²) in [7, 11) is 3.33. The first-order chi connectivity index (χ1) is 6.67. The predicted octanol–water partition coefficient (Wildman–Crippen LogP) is 0.562. The van der Waals surface area contributed by atoms with Crippen molar-refractivity contribution in [2.75, 3.05) is 20.7 Å². The van der Waals surface area contributed by atoms with E-state index in [1.54, 1.807) is 6.92 Å². The topological polar surface area (TPSA) is 47.6 Å². The largest absolute Gasteiger partial charge is 0.467 e. The average molecular weight is 201 g/mol. The molecular formula is C10H19NO3. The smallest absolute Gasteiger partial charge is 0.334 e. The number of nitrogens with one attached hydrogen (secondary N) is 1. The van der Waals surface area contributed by atoms with Crippen molar-refractivity contribution in [2.24, 2.45) is 5.92 Å². The van der Waals surface area contributed by atoms with Gasteiger partial charge >= 0.3 is 5.97 Å². The molecule has 0 aliphatic heterocycles. The van der Waals surface area contributed by atoms with E-state index in [2.05, 4.69) is 10.1 Å². The van der Waals surface area contributed by atoms with Crippen molar-refractivity contribution in [1.29, 1.82) is 0 Å². The number of rotatable bonds is 5. The second-order valence-electron chi connectivity index (χ2n) is 3.82. The third kappa shape index (κ3) is 2.96. The third-order valence-electron chi connectivity index (χ3n) is 2.61. The van der Waals surface area contributed by atoms with Gasteiger partial charge in [0, 0.05) is 0 Å². The molecular weight excluding hydrogens is 182 g/mol. The molecule has 0 bridgehead atoms. The van der Waals surface area contributed by atoms with Crippen LogP contribution in [-0.2, 0) is 14.3 Å². The minimum atomic E-state index is -0.430. The van der Waals surface area contributed by atoms with Crippen LogP contribution in [0.1, 0.15) is 19.8 Å². The molecule has 0 amide bonds. The first-order valence-electron chi connectivity index (χ1n) is 5.05. The molecule has 1 fully saturated rings. The summed E-state index contributed by atoms with van der Waals surface area (Å²) in [5.41, 5.74) is 0. The van der Waals surface area contributed by atoms with Crippen molar-refractivity contribution in [2.45, 2.75) is 32.0 Å². The zero-order chi connectivity index (χ0) is 10.6. The first-order valence-corrected chi connectivity index (χ1v) is 5.05. The molecule has 0 aromatic carbocycles. The lowest BCUT2D eigenvalue weighted by atomic mass is 9.82. The monoisotopic (exact) mass is 201 g/mol. The van der Waals surface area contributed by atoms with Gasteiger partial charge in [-0.05, 0) is 39.3 Å². The fourth-order valence-electron chi connectivity index (χ4n) is 1.75. The minimum Gasteiger partial charge on any atom is -0.467 e. The number of hydrogen-bond acceptors (Lipinski definition) is 4. The van der Waals surface area contributed by atoms with Crippen LogP contribution in [0.2, 0.25) is 0 Å². The Hall–Kier alpha value is -0.610. The lowest BCUT2D eigenvalue weighted by Gasteiger charge is -2.36. The van der Waals surface area contributed by atoms with Crippen LogP contribution in [0.4, 0.5) is 0 Å². The molecule has 0 heterocycles. The van der Waals surface area contributed by atoms with Gasteiger partial charge < -0.3 is 14.8 Å². The Balaban J connectivity index is 2.13. The summed E-state index contributed by atoms with van der Waals surface area (Å²) in [6, 6.07) is 0. The highest BCUT2D eigenvalue weighted by Crippen LogP contribution is 2.30. The molecule has 1 aliphatic rings. The van der Waals surface area contributed by atoms with Gasteiger partial charge in [0.15, 0.2) is 6.10 Å². The van der Waals surface area contributed by atoms with Crippen LogP contribution < -0.4 is 5.32 Å². The summed E-state index contributed by atoms with van der Waals surface area (Å²) in [5, 5.41) is 3.13. The molecule has 0 radical (unpaired) electrons. The van der Waals surface area contributed by atoms with E-state index in [0.717, 1.165) is 19.4 Å². The van der Waals surface area contributed by atoms with Gasteiger partial charge in [0.25, 0.3) is 0 Å². The molecule has 4 heteroatoms. The Morgan fingerprint density at radius 1 is 1.57 bits per heavy atom. The number of carbonyl (C=O) groups excluding carboxylic acids is 1. The zero-order valence-corrected chi connectivity index (χ0v) is 9.08. The number of hydrogen-bond donors (Lipinski definition) is 1.